The largest absolute Gasteiger partial charge is 0.390 e. The molecule has 3 N–H and O–H groups in total. The molecule has 2 aromatic heterocycles. The number of carbonyl (C=O) groups excluding carboxylic acids is 2. The lowest BCUT2D eigenvalue weighted by Crippen LogP contribution is -2.48. The Labute approximate surface area is 214 Å². The predicted octanol–water partition coefficient (Wildman–Crippen LogP) is 1.77. The van der Waals surface area contributed by atoms with Gasteiger partial charge >= 0.3 is 0 Å². The van der Waals surface area contributed by atoms with E-state index >= 15 is 0 Å². The van der Waals surface area contributed by atoms with Gasteiger partial charge in [-0.2, -0.15) is 0 Å². The molecule has 192 valence electrons. The first-order chi connectivity index (χ1) is 18.1. The fourth-order valence-corrected chi connectivity index (χ4v) is 5.81. The Kier molecular flexibility index (Phi) is 6.45. The number of carbonyl (C=O) groups is 2. The summed E-state index contributed by atoms with van der Waals surface area (Å²) in [6, 6.07) is 9.64. The van der Waals surface area contributed by atoms with Crippen molar-refractivity contribution >= 4 is 11.8 Å². The van der Waals surface area contributed by atoms with Crippen molar-refractivity contribution in [3.63, 3.8) is 0 Å². The van der Waals surface area contributed by atoms with Crippen LogP contribution in [0.25, 0.3) is 0 Å². The van der Waals surface area contributed by atoms with Crippen molar-refractivity contribution in [1.29, 1.82) is 0 Å². The van der Waals surface area contributed by atoms with E-state index in [9.17, 15) is 14.7 Å². The Hall–Kier alpha value is -3.60. The number of fused-ring (bicyclic) bond motifs is 2. The normalized spacial score (nSPS) is 26.9. The average molecular weight is 504 g/mol. The summed E-state index contributed by atoms with van der Waals surface area (Å²) in [4.78, 5) is 40.7. The van der Waals surface area contributed by atoms with E-state index in [1.165, 1.54) is 12.5 Å². The van der Waals surface area contributed by atoms with E-state index < -0.39 is 24.1 Å². The summed E-state index contributed by atoms with van der Waals surface area (Å²) in [5, 5.41) is 13.8. The molecule has 10 nitrogen and oxygen atoms in total. The molecule has 3 aromatic rings. The first-order valence-electron chi connectivity index (χ1n) is 12.6. The molecule has 1 aliphatic carbocycles. The van der Waals surface area contributed by atoms with E-state index in [1.54, 1.807) is 29.4 Å². The molecule has 2 saturated heterocycles. The van der Waals surface area contributed by atoms with Gasteiger partial charge in [0.05, 0.1) is 31.7 Å². The smallest absolute Gasteiger partial charge is 0.274 e. The lowest BCUT2D eigenvalue weighted by atomic mass is 9.91. The van der Waals surface area contributed by atoms with Gasteiger partial charge in [0.2, 0.25) is 5.91 Å². The van der Waals surface area contributed by atoms with Crippen LogP contribution in [-0.4, -0.2) is 68.9 Å². The van der Waals surface area contributed by atoms with Crippen molar-refractivity contribution in [1.82, 2.24) is 25.2 Å². The van der Waals surface area contributed by atoms with E-state index in [1.807, 2.05) is 24.3 Å². The van der Waals surface area contributed by atoms with E-state index in [2.05, 4.69) is 20.3 Å². The number of hydrogen-bond donors (Lipinski definition) is 3. The van der Waals surface area contributed by atoms with Gasteiger partial charge in [0, 0.05) is 49.0 Å². The molecule has 6 rings (SSSR count). The highest BCUT2D eigenvalue weighted by Crippen LogP contribution is 2.38. The Bertz CT molecular complexity index is 1250. The first-order valence-corrected chi connectivity index (χ1v) is 12.6. The maximum atomic E-state index is 14.0. The second-order valence-electron chi connectivity index (χ2n) is 9.84. The second-order valence-corrected chi connectivity index (χ2v) is 9.84. The molecule has 37 heavy (non-hydrogen) atoms. The minimum Gasteiger partial charge on any atom is -0.390 e. The van der Waals surface area contributed by atoms with Gasteiger partial charge in [-0.15, -0.1) is 0 Å². The zero-order valence-electron chi connectivity index (χ0n) is 20.2. The maximum absolute atomic E-state index is 14.0. The Morgan fingerprint density at radius 2 is 2.11 bits per heavy atom. The number of benzene rings is 1. The summed E-state index contributed by atoms with van der Waals surface area (Å²) >= 11 is 0. The highest BCUT2D eigenvalue weighted by Gasteiger charge is 2.45. The van der Waals surface area contributed by atoms with Crippen molar-refractivity contribution in [2.75, 3.05) is 19.8 Å². The fraction of sp³-hybridized carbons (Fsp3) is 0.407. The van der Waals surface area contributed by atoms with Gasteiger partial charge in [0.1, 0.15) is 11.7 Å². The zero-order valence-corrected chi connectivity index (χ0v) is 20.2. The minimum absolute atomic E-state index is 0.000148. The van der Waals surface area contributed by atoms with Gasteiger partial charge in [0.25, 0.3) is 5.91 Å². The molecule has 0 radical (unpaired) electrons. The average Bonchev–Trinajstić information content (AvgIpc) is 3.71. The lowest BCUT2D eigenvalue weighted by molar-refractivity contribution is -0.127. The summed E-state index contributed by atoms with van der Waals surface area (Å²) in [5.74, 6) is -0.619. The van der Waals surface area contributed by atoms with Crippen LogP contribution in [0.15, 0.2) is 61.3 Å². The minimum atomic E-state index is -0.987. The molecule has 2 amide bonds. The number of aliphatic hydroxyl groups excluding tert-OH is 1. The fourth-order valence-electron chi connectivity index (χ4n) is 5.81. The number of hydrogen-bond acceptors (Lipinski definition) is 7. The Balaban J connectivity index is 1.35. The molecule has 10 heteroatoms. The number of aliphatic hydroxyl groups is 1. The number of rotatable bonds is 7. The molecule has 1 aromatic carbocycles. The summed E-state index contributed by atoms with van der Waals surface area (Å²) in [6.45, 7) is 1.34. The van der Waals surface area contributed by atoms with Gasteiger partial charge in [-0.1, -0.05) is 30.3 Å². The number of aromatic nitrogens is 3. The van der Waals surface area contributed by atoms with Crippen molar-refractivity contribution in [2.45, 2.75) is 37.3 Å². The maximum Gasteiger partial charge on any atom is 0.274 e. The standard InChI is InChI=1S/C27H29N5O5/c33-22-10-16-4-1-2-6-19(16)23(22)31-25(34)24(17-5-3-8-28-11-17)32(26(35)21-12-29-15-30-21)13-18-14-37-27-20(18)7-9-36-27/h1-6,8,11-12,15,18,20,22-24,27,33H,7,9-10,13-14H2,(H,29,30)(H,31,34)/t18?,20?,22-,23+,24?,27?/m0/s1. The van der Waals surface area contributed by atoms with Gasteiger partial charge in [-0.25, -0.2) is 4.98 Å². The van der Waals surface area contributed by atoms with Crippen LogP contribution in [0.1, 0.15) is 45.7 Å². The molecule has 0 saturated carbocycles. The van der Waals surface area contributed by atoms with E-state index in [0.717, 1.165) is 17.5 Å². The molecule has 3 aliphatic rings. The first kappa shape index (κ1) is 23.8. The monoisotopic (exact) mass is 503 g/mol. The summed E-state index contributed by atoms with van der Waals surface area (Å²) in [5.41, 5.74) is 2.67. The van der Waals surface area contributed by atoms with Gasteiger partial charge in [-0.3, -0.25) is 14.6 Å². The molecule has 6 atom stereocenters. The van der Waals surface area contributed by atoms with Crippen LogP contribution in [0.4, 0.5) is 0 Å². The van der Waals surface area contributed by atoms with Crippen LogP contribution in [0, 0.1) is 11.8 Å². The van der Waals surface area contributed by atoms with Gasteiger partial charge in [-0.05, 0) is 23.6 Å². The molecule has 0 spiro atoms. The van der Waals surface area contributed by atoms with E-state index in [-0.39, 0.29) is 36.3 Å². The Morgan fingerprint density at radius 3 is 2.92 bits per heavy atom. The lowest BCUT2D eigenvalue weighted by Gasteiger charge is -2.34. The molecule has 4 unspecified atom stereocenters. The van der Waals surface area contributed by atoms with Crippen LogP contribution in [0.5, 0.6) is 0 Å². The second kappa shape index (κ2) is 10.0. The SMILES string of the molecule is O=C(N[C@@H]1c2ccccc2C[C@@H]1O)C(c1cccnc1)N(CC1COC2OCCC12)C(=O)c1c[nH]cn1. The molecule has 0 bridgehead atoms. The number of ether oxygens (including phenoxy) is 2. The topological polar surface area (TPSA) is 130 Å². The number of H-pyrrole nitrogens is 1. The molecular weight excluding hydrogens is 474 g/mol. The number of aromatic amines is 1. The zero-order chi connectivity index (χ0) is 25.4. The summed E-state index contributed by atoms with van der Waals surface area (Å²) in [6.07, 6.45) is 6.45. The van der Waals surface area contributed by atoms with E-state index in [0.29, 0.717) is 25.2 Å². The van der Waals surface area contributed by atoms with Crippen molar-refractivity contribution in [3.8, 4) is 0 Å². The predicted molar refractivity (Wildman–Crippen MR) is 131 cm³/mol. The van der Waals surface area contributed by atoms with Crippen LogP contribution in [0.3, 0.4) is 0 Å². The van der Waals surface area contributed by atoms with Crippen LogP contribution < -0.4 is 5.32 Å². The van der Waals surface area contributed by atoms with Crippen molar-refractivity contribution < 1.29 is 24.2 Å². The number of nitrogens with zero attached hydrogens (tertiary/aromatic N) is 3. The molecule has 4 heterocycles. The highest BCUT2D eigenvalue weighted by molar-refractivity contribution is 5.96. The summed E-state index contributed by atoms with van der Waals surface area (Å²) in [7, 11) is 0. The number of nitrogens with one attached hydrogen (secondary N) is 2. The van der Waals surface area contributed by atoms with Crippen LogP contribution in [0.2, 0.25) is 0 Å². The third-order valence-electron chi connectivity index (χ3n) is 7.63. The quantitative estimate of drug-likeness (QED) is 0.448. The summed E-state index contributed by atoms with van der Waals surface area (Å²) < 4.78 is 11.5. The van der Waals surface area contributed by atoms with Crippen molar-refractivity contribution in [2.24, 2.45) is 11.8 Å². The van der Waals surface area contributed by atoms with Gasteiger partial charge in [0.15, 0.2) is 6.29 Å². The molecule has 2 fully saturated rings. The molecular formula is C27H29N5O5. The van der Waals surface area contributed by atoms with Crippen LogP contribution >= 0.6 is 0 Å². The third-order valence-corrected chi connectivity index (χ3v) is 7.63. The van der Waals surface area contributed by atoms with E-state index in [4.69, 9.17) is 9.47 Å². The number of imidazole rings is 1. The Morgan fingerprint density at radius 1 is 1.22 bits per heavy atom. The molecule has 2 aliphatic heterocycles. The van der Waals surface area contributed by atoms with Crippen LogP contribution in [-0.2, 0) is 20.7 Å². The highest BCUT2D eigenvalue weighted by atomic mass is 16.7. The number of pyridine rings is 1. The van der Waals surface area contributed by atoms with Gasteiger partial charge < -0.3 is 29.8 Å². The number of amides is 2. The van der Waals surface area contributed by atoms with Crippen molar-refractivity contribution in [3.05, 3.63) is 83.7 Å². The third kappa shape index (κ3) is 4.52.